The fourth-order valence-corrected chi connectivity index (χ4v) is 5.51. The van der Waals surface area contributed by atoms with Crippen LogP contribution in [0.25, 0.3) is 0 Å². The Morgan fingerprint density at radius 3 is 1.53 bits per heavy atom. The second kappa shape index (κ2) is 8.33. The Morgan fingerprint density at radius 2 is 1.00 bits per heavy atom. The molecule has 0 heterocycles. The highest BCUT2D eigenvalue weighted by Gasteiger charge is 2.47. The zero-order valence-electron chi connectivity index (χ0n) is 20.1. The van der Waals surface area contributed by atoms with Crippen molar-refractivity contribution in [2.45, 2.75) is 17.9 Å². The molecule has 3 aromatic rings. The molecule has 3 atom stereocenters. The summed E-state index contributed by atoms with van der Waals surface area (Å²) in [5.74, 6) is 3.13. The second-order valence-corrected chi connectivity index (χ2v) is 8.36. The van der Waals surface area contributed by atoms with Crippen molar-refractivity contribution in [3.8, 4) is 34.5 Å². The maximum atomic E-state index is 11.9. The first-order valence-corrected chi connectivity index (χ1v) is 11.0. The van der Waals surface area contributed by atoms with Crippen LogP contribution in [0.2, 0.25) is 0 Å². The van der Waals surface area contributed by atoms with Crippen LogP contribution in [0.15, 0.2) is 36.4 Å². The van der Waals surface area contributed by atoms with E-state index in [0.29, 0.717) is 34.5 Å². The normalized spacial score (nSPS) is 19.3. The lowest BCUT2D eigenvalue weighted by Gasteiger charge is -2.34. The van der Waals surface area contributed by atoms with Crippen molar-refractivity contribution in [2.24, 2.45) is 0 Å². The second-order valence-electron chi connectivity index (χ2n) is 8.36. The summed E-state index contributed by atoms with van der Waals surface area (Å²) in [6.45, 7) is 0. The fourth-order valence-electron chi connectivity index (χ4n) is 5.51. The number of aliphatic hydroxyl groups is 1. The lowest BCUT2D eigenvalue weighted by Crippen LogP contribution is -2.21. The van der Waals surface area contributed by atoms with Crippen LogP contribution >= 0.6 is 0 Å². The molecule has 0 aliphatic heterocycles. The van der Waals surface area contributed by atoms with Crippen molar-refractivity contribution in [2.75, 3.05) is 42.7 Å². The maximum absolute atomic E-state index is 11.9. The Bertz CT molecular complexity index is 1270. The minimum atomic E-state index is -0.876. The van der Waals surface area contributed by atoms with E-state index in [2.05, 4.69) is 0 Å². The Morgan fingerprint density at radius 1 is 0.500 bits per heavy atom. The summed E-state index contributed by atoms with van der Waals surface area (Å²) in [6, 6.07) is 11.5. The van der Waals surface area contributed by atoms with Gasteiger partial charge in [-0.3, -0.25) is 0 Å². The van der Waals surface area contributed by atoms with E-state index in [4.69, 9.17) is 28.4 Å². The van der Waals surface area contributed by atoms with E-state index in [1.807, 2.05) is 36.4 Å². The maximum Gasteiger partial charge on any atom is 0.161 e. The minimum absolute atomic E-state index is 0.266. The van der Waals surface area contributed by atoms with Gasteiger partial charge in [0.25, 0.3) is 0 Å². The molecule has 34 heavy (non-hydrogen) atoms. The number of hydrogen-bond acceptors (Lipinski definition) is 7. The standard InChI is InChI=1S/C27H28O7/c1-29-13-7-17-23-15-11-19(31-3)20(32-4)12-16(15)27(28)26(25(17)22(10-13)34-6)18-8-14(30-2)9-21(33-5)24(18)23/h7-12,23,26-28H,1-6H3. The van der Waals surface area contributed by atoms with Gasteiger partial charge >= 0.3 is 0 Å². The molecule has 0 fully saturated rings. The molecule has 0 saturated carbocycles. The molecule has 7 nitrogen and oxygen atoms in total. The highest BCUT2D eigenvalue weighted by atomic mass is 16.5. The summed E-state index contributed by atoms with van der Waals surface area (Å²) < 4.78 is 34.1. The van der Waals surface area contributed by atoms with Crippen LogP contribution in [0.4, 0.5) is 0 Å². The van der Waals surface area contributed by atoms with Crippen LogP contribution in [-0.4, -0.2) is 47.8 Å². The van der Waals surface area contributed by atoms with Gasteiger partial charge < -0.3 is 33.5 Å². The monoisotopic (exact) mass is 464 g/mol. The Kier molecular flexibility index (Phi) is 5.44. The molecule has 3 aliphatic rings. The third kappa shape index (κ3) is 3.00. The number of benzene rings is 3. The lowest BCUT2D eigenvalue weighted by atomic mass is 9.71. The third-order valence-corrected chi connectivity index (χ3v) is 6.99. The molecule has 6 rings (SSSR count). The van der Waals surface area contributed by atoms with Gasteiger partial charge in [0.05, 0.1) is 48.8 Å². The van der Waals surface area contributed by atoms with E-state index in [-0.39, 0.29) is 5.92 Å². The quantitative estimate of drug-likeness (QED) is 0.579. The van der Waals surface area contributed by atoms with Crippen LogP contribution in [0.1, 0.15) is 51.3 Å². The number of aliphatic hydroxyl groups excluding tert-OH is 1. The Balaban J connectivity index is 1.95. The van der Waals surface area contributed by atoms with Gasteiger partial charge in [-0.15, -0.1) is 0 Å². The van der Waals surface area contributed by atoms with Gasteiger partial charge in [-0.1, -0.05) is 0 Å². The molecule has 2 bridgehead atoms. The fraction of sp³-hybridized carbons (Fsp3) is 0.333. The molecule has 0 radical (unpaired) electrons. The van der Waals surface area contributed by atoms with Crippen LogP contribution in [0, 0.1) is 0 Å². The van der Waals surface area contributed by atoms with Crippen LogP contribution in [0.3, 0.4) is 0 Å². The van der Waals surface area contributed by atoms with E-state index in [1.165, 1.54) is 0 Å². The number of methoxy groups -OCH3 is 6. The number of hydrogen-bond donors (Lipinski definition) is 1. The molecule has 7 heteroatoms. The highest BCUT2D eigenvalue weighted by Crippen LogP contribution is 2.61. The first kappa shape index (κ1) is 22.2. The first-order valence-electron chi connectivity index (χ1n) is 11.0. The van der Waals surface area contributed by atoms with Gasteiger partial charge in [-0.25, -0.2) is 0 Å². The first-order chi connectivity index (χ1) is 16.5. The summed E-state index contributed by atoms with van der Waals surface area (Å²) in [5, 5.41) is 11.9. The van der Waals surface area contributed by atoms with Crippen molar-refractivity contribution in [3.05, 3.63) is 69.8 Å². The molecule has 3 unspecified atom stereocenters. The molecule has 0 saturated heterocycles. The van der Waals surface area contributed by atoms with Gasteiger partial charge in [0.2, 0.25) is 0 Å². The van der Waals surface area contributed by atoms with Crippen LogP contribution in [0.5, 0.6) is 34.5 Å². The van der Waals surface area contributed by atoms with Gasteiger partial charge in [-0.2, -0.15) is 0 Å². The Labute approximate surface area is 198 Å². The van der Waals surface area contributed by atoms with Crippen LogP contribution < -0.4 is 28.4 Å². The summed E-state index contributed by atoms with van der Waals surface area (Å²) in [4.78, 5) is 0. The predicted octanol–water partition coefficient (Wildman–Crippen LogP) is 4.41. The minimum Gasteiger partial charge on any atom is -0.497 e. The van der Waals surface area contributed by atoms with Crippen molar-refractivity contribution in [1.29, 1.82) is 0 Å². The summed E-state index contributed by atoms with van der Waals surface area (Å²) >= 11 is 0. The predicted molar refractivity (Wildman–Crippen MR) is 126 cm³/mol. The Hall–Kier alpha value is -3.58. The van der Waals surface area contributed by atoms with Gasteiger partial charge in [-0.05, 0) is 46.5 Å². The number of ether oxygens (including phenoxy) is 6. The molecule has 3 aliphatic carbocycles. The zero-order chi connectivity index (χ0) is 24.1. The summed E-state index contributed by atoms with van der Waals surface area (Å²) in [5.41, 5.74) is 5.48. The highest BCUT2D eigenvalue weighted by molar-refractivity contribution is 5.71. The SMILES string of the molecule is COc1cc(OC)c2c(c1)C1c3cc(OC)c(OC)cc3C(O)C2c2cc(OC)cc(OC)c21. The molecule has 0 spiro atoms. The lowest BCUT2D eigenvalue weighted by molar-refractivity contribution is 0.157. The average molecular weight is 465 g/mol. The third-order valence-electron chi connectivity index (χ3n) is 6.99. The zero-order valence-corrected chi connectivity index (χ0v) is 20.1. The van der Waals surface area contributed by atoms with E-state index in [1.54, 1.807) is 42.7 Å². The van der Waals surface area contributed by atoms with Crippen molar-refractivity contribution in [3.63, 3.8) is 0 Å². The molecular weight excluding hydrogens is 436 g/mol. The van der Waals surface area contributed by atoms with Gasteiger partial charge in [0.1, 0.15) is 23.0 Å². The smallest absolute Gasteiger partial charge is 0.161 e. The molecule has 1 N–H and O–H groups in total. The van der Waals surface area contributed by atoms with E-state index < -0.39 is 12.0 Å². The molecule has 0 amide bonds. The topological polar surface area (TPSA) is 75.6 Å². The number of rotatable bonds is 6. The van der Waals surface area contributed by atoms with Crippen molar-refractivity contribution >= 4 is 0 Å². The summed E-state index contributed by atoms with van der Waals surface area (Å²) in [7, 11) is 9.73. The van der Waals surface area contributed by atoms with E-state index in [0.717, 1.165) is 33.4 Å². The van der Waals surface area contributed by atoms with E-state index in [9.17, 15) is 5.11 Å². The molecular formula is C27H28O7. The van der Waals surface area contributed by atoms with Crippen LogP contribution in [-0.2, 0) is 0 Å². The molecule has 0 aromatic heterocycles. The van der Waals surface area contributed by atoms with Gasteiger partial charge in [0, 0.05) is 35.1 Å². The van der Waals surface area contributed by atoms with Gasteiger partial charge in [0.15, 0.2) is 11.5 Å². The largest absolute Gasteiger partial charge is 0.497 e. The molecule has 3 aromatic carbocycles. The molecule has 178 valence electrons. The summed E-state index contributed by atoms with van der Waals surface area (Å²) in [6.07, 6.45) is -0.876. The average Bonchev–Trinajstić information content (AvgIpc) is 3.05. The van der Waals surface area contributed by atoms with E-state index >= 15 is 0 Å². The van der Waals surface area contributed by atoms with Crippen molar-refractivity contribution < 1.29 is 33.5 Å². The van der Waals surface area contributed by atoms with Crippen molar-refractivity contribution in [1.82, 2.24) is 0 Å².